The Hall–Kier alpha value is -2.14. The van der Waals surface area contributed by atoms with Gasteiger partial charge < -0.3 is 10.8 Å². The number of aromatic carboxylic acids is 1. The number of carbonyl (C=O) groups is 1. The second-order valence-corrected chi connectivity index (χ2v) is 3.27. The Balaban J connectivity index is 2.58. The predicted octanol–water partition coefficient (Wildman–Crippen LogP) is 1.03. The fraction of sp³-hybridized carbons (Fsp3) is 0.0909. The van der Waals surface area contributed by atoms with Gasteiger partial charge in [0.05, 0.1) is 11.9 Å². The van der Waals surface area contributed by atoms with Crippen molar-refractivity contribution >= 4 is 5.97 Å². The molecule has 16 heavy (non-hydrogen) atoms. The van der Waals surface area contributed by atoms with Crippen molar-refractivity contribution in [1.29, 1.82) is 0 Å². The number of hydrogen-bond acceptors (Lipinski definition) is 3. The van der Waals surface area contributed by atoms with E-state index in [0.717, 1.165) is 5.56 Å². The molecule has 82 valence electrons. The van der Waals surface area contributed by atoms with Crippen LogP contribution in [0.5, 0.6) is 0 Å². The van der Waals surface area contributed by atoms with Gasteiger partial charge in [0.1, 0.15) is 0 Å². The van der Waals surface area contributed by atoms with E-state index in [1.807, 2.05) is 18.2 Å². The van der Waals surface area contributed by atoms with Gasteiger partial charge in [-0.2, -0.15) is 5.10 Å². The second kappa shape index (κ2) is 4.16. The van der Waals surface area contributed by atoms with Gasteiger partial charge in [-0.25, -0.2) is 9.48 Å². The molecule has 0 unspecified atom stereocenters. The van der Waals surface area contributed by atoms with Crippen LogP contribution in [0.2, 0.25) is 0 Å². The minimum Gasteiger partial charge on any atom is -0.477 e. The molecular formula is C11H11N3O2. The van der Waals surface area contributed by atoms with Crippen LogP contribution in [0.25, 0.3) is 5.69 Å². The van der Waals surface area contributed by atoms with Gasteiger partial charge in [-0.05, 0) is 17.7 Å². The van der Waals surface area contributed by atoms with E-state index in [-0.39, 0.29) is 5.69 Å². The van der Waals surface area contributed by atoms with Gasteiger partial charge in [0.15, 0.2) is 5.69 Å². The summed E-state index contributed by atoms with van der Waals surface area (Å²) in [7, 11) is 0. The van der Waals surface area contributed by atoms with Crippen LogP contribution in [-0.2, 0) is 6.54 Å². The van der Waals surface area contributed by atoms with Crippen LogP contribution < -0.4 is 5.73 Å². The predicted molar refractivity (Wildman–Crippen MR) is 58.4 cm³/mol. The fourth-order valence-electron chi connectivity index (χ4n) is 1.55. The van der Waals surface area contributed by atoms with E-state index in [0.29, 0.717) is 12.2 Å². The van der Waals surface area contributed by atoms with Gasteiger partial charge in [-0.1, -0.05) is 18.2 Å². The zero-order chi connectivity index (χ0) is 11.5. The molecule has 0 saturated carbocycles. The SMILES string of the molecule is NCc1ccccc1-n1nccc1C(=O)O. The summed E-state index contributed by atoms with van der Waals surface area (Å²) >= 11 is 0. The zero-order valence-corrected chi connectivity index (χ0v) is 8.50. The van der Waals surface area contributed by atoms with Crippen molar-refractivity contribution in [2.24, 2.45) is 5.73 Å². The first kappa shape index (κ1) is 10.4. The van der Waals surface area contributed by atoms with E-state index in [1.54, 1.807) is 6.07 Å². The monoisotopic (exact) mass is 217 g/mol. The van der Waals surface area contributed by atoms with Crippen LogP contribution in [0.3, 0.4) is 0 Å². The third kappa shape index (κ3) is 1.68. The summed E-state index contributed by atoms with van der Waals surface area (Å²) in [5.74, 6) is -1.01. The Bertz CT molecular complexity index is 519. The van der Waals surface area contributed by atoms with Crippen LogP contribution in [0.4, 0.5) is 0 Å². The smallest absolute Gasteiger partial charge is 0.354 e. The number of rotatable bonds is 3. The number of carboxylic acid groups (broad SMARTS) is 1. The lowest BCUT2D eigenvalue weighted by Gasteiger charge is -2.08. The summed E-state index contributed by atoms with van der Waals surface area (Å²) in [6, 6.07) is 8.78. The highest BCUT2D eigenvalue weighted by Gasteiger charge is 2.13. The average Bonchev–Trinajstić information content (AvgIpc) is 2.77. The van der Waals surface area contributed by atoms with Crippen molar-refractivity contribution < 1.29 is 9.90 Å². The molecule has 0 amide bonds. The van der Waals surface area contributed by atoms with Crippen molar-refractivity contribution in [3.63, 3.8) is 0 Å². The summed E-state index contributed by atoms with van der Waals surface area (Å²) in [6.45, 7) is 0.342. The highest BCUT2D eigenvalue weighted by molar-refractivity contribution is 5.86. The number of para-hydroxylation sites is 1. The molecule has 0 bridgehead atoms. The molecule has 0 atom stereocenters. The van der Waals surface area contributed by atoms with Crippen molar-refractivity contribution in [2.75, 3.05) is 0 Å². The molecule has 5 nitrogen and oxygen atoms in total. The molecule has 1 heterocycles. The van der Waals surface area contributed by atoms with E-state index in [9.17, 15) is 4.79 Å². The van der Waals surface area contributed by atoms with Gasteiger partial charge in [0.2, 0.25) is 0 Å². The molecule has 0 fully saturated rings. The number of aromatic nitrogens is 2. The van der Waals surface area contributed by atoms with Gasteiger partial charge in [-0.3, -0.25) is 0 Å². The molecule has 5 heteroatoms. The highest BCUT2D eigenvalue weighted by atomic mass is 16.4. The average molecular weight is 217 g/mol. The molecule has 0 radical (unpaired) electrons. The first-order valence-corrected chi connectivity index (χ1v) is 4.79. The maximum absolute atomic E-state index is 11.0. The Morgan fingerprint density at radius 3 is 2.81 bits per heavy atom. The summed E-state index contributed by atoms with van der Waals surface area (Å²) in [5.41, 5.74) is 7.28. The standard InChI is InChI=1S/C11H11N3O2/c12-7-8-3-1-2-4-9(8)14-10(11(15)16)5-6-13-14/h1-6H,7,12H2,(H,15,16). The van der Waals surface area contributed by atoms with Crippen LogP contribution >= 0.6 is 0 Å². The quantitative estimate of drug-likeness (QED) is 0.804. The van der Waals surface area contributed by atoms with Crippen molar-refractivity contribution in [2.45, 2.75) is 6.54 Å². The first-order valence-electron chi connectivity index (χ1n) is 4.79. The lowest BCUT2D eigenvalue weighted by atomic mass is 10.2. The molecule has 0 aliphatic heterocycles. The molecule has 2 rings (SSSR count). The number of nitrogens with two attached hydrogens (primary N) is 1. The molecule has 3 N–H and O–H groups in total. The number of benzene rings is 1. The van der Waals surface area contributed by atoms with Crippen molar-refractivity contribution in [3.05, 3.63) is 47.8 Å². The number of hydrogen-bond donors (Lipinski definition) is 2. The van der Waals surface area contributed by atoms with Crippen LogP contribution in [0.1, 0.15) is 16.1 Å². The molecule has 0 aliphatic rings. The van der Waals surface area contributed by atoms with E-state index < -0.39 is 5.97 Å². The molecule has 2 aromatic rings. The highest BCUT2D eigenvalue weighted by Crippen LogP contribution is 2.15. The summed E-state index contributed by atoms with van der Waals surface area (Å²) in [5, 5.41) is 13.0. The maximum Gasteiger partial charge on any atom is 0.354 e. The molecule has 0 saturated heterocycles. The van der Waals surface area contributed by atoms with E-state index in [2.05, 4.69) is 5.10 Å². The van der Waals surface area contributed by atoms with E-state index >= 15 is 0 Å². The van der Waals surface area contributed by atoms with Crippen molar-refractivity contribution in [3.8, 4) is 5.69 Å². The Labute approximate surface area is 92.1 Å². The second-order valence-electron chi connectivity index (χ2n) is 3.27. The summed E-state index contributed by atoms with van der Waals surface area (Å²) in [6.07, 6.45) is 1.46. The lowest BCUT2D eigenvalue weighted by molar-refractivity contribution is 0.0687. The van der Waals surface area contributed by atoms with Crippen LogP contribution in [-0.4, -0.2) is 20.9 Å². The lowest BCUT2D eigenvalue weighted by Crippen LogP contribution is -2.11. The molecule has 0 aliphatic carbocycles. The van der Waals surface area contributed by atoms with Gasteiger partial charge in [0.25, 0.3) is 0 Å². The van der Waals surface area contributed by atoms with Gasteiger partial charge in [0, 0.05) is 6.54 Å². The van der Waals surface area contributed by atoms with E-state index in [1.165, 1.54) is 16.9 Å². The minimum atomic E-state index is -1.01. The summed E-state index contributed by atoms with van der Waals surface area (Å²) in [4.78, 5) is 11.0. The molecule has 0 spiro atoms. The van der Waals surface area contributed by atoms with Gasteiger partial charge in [-0.15, -0.1) is 0 Å². The minimum absolute atomic E-state index is 0.126. The molecule has 1 aromatic carbocycles. The normalized spacial score (nSPS) is 10.3. The largest absolute Gasteiger partial charge is 0.477 e. The number of carboxylic acids is 1. The molecule has 1 aromatic heterocycles. The third-order valence-corrected chi connectivity index (χ3v) is 2.30. The van der Waals surface area contributed by atoms with Crippen molar-refractivity contribution in [1.82, 2.24) is 9.78 Å². The topological polar surface area (TPSA) is 81.1 Å². The zero-order valence-electron chi connectivity index (χ0n) is 8.50. The van der Waals surface area contributed by atoms with Crippen LogP contribution in [0.15, 0.2) is 36.5 Å². The van der Waals surface area contributed by atoms with E-state index in [4.69, 9.17) is 10.8 Å². The Morgan fingerprint density at radius 2 is 2.12 bits per heavy atom. The third-order valence-electron chi connectivity index (χ3n) is 2.30. The Morgan fingerprint density at radius 1 is 1.38 bits per heavy atom. The maximum atomic E-state index is 11.0. The Kier molecular flexibility index (Phi) is 2.70. The summed E-state index contributed by atoms with van der Waals surface area (Å²) < 4.78 is 1.38. The first-order chi connectivity index (χ1) is 7.74. The number of nitrogens with zero attached hydrogens (tertiary/aromatic N) is 2. The van der Waals surface area contributed by atoms with Gasteiger partial charge >= 0.3 is 5.97 Å². The fourth-order valence-corrected chi connectivity index (χ4v) is 1.55. The van der Waals surface area contributed by atoms with Crippen LogP contribution in [0, 0.1) is 0 Å². The molecular weight excluding hydrogens is 206 g/mol.